The third-order valence-electron chi connectivity index (χ3n) is 4.63. The van der Waals surface area contributed by atoms with Gasteiger partial charge in [-0.25, -0.2) is 0 Å². The first kappa shape index (κ1) is 21.8. The highest BCUT2D eigenvalue weighted by atomic mass is 16.5. The van der Waals surface area contributed by atoms with Crippen LogP contribution in [0.4, 0.5) is 0 Å². The number of amides is 1. The smallest absolute Gasteiger partial charge is 0.261 e. The summed E-state index contributed by atoms with van der Waals surface area (Å²) in [6.45, 7) is 13.3. The van der Waals surface area contributed by atoms with E-state index in [1.165, 1.54) is 0 Å². The van der Waals surface area contributed by atoms with Crippen molar-refractivity contribution in [1.82, 2.24) is 5.32 Å². The Morgan fingerprint density at radius 1 is 1.07 bits per heavy atom. The molecule has 28 heavy (non-hydrogen) atoms. The Morgan fingerprint density at radius 3 is 2.46 bits per heavy atom. The maximum Gasteiger partial charge on any atom is 0.261 e. The summed E-state index contributed by atoms with van der Waals surface area (Å²) in [5.74, 6) is 1.51. The van der Waals surface area contributed by atoms with Gasteiger partial charge in [0.2, 0.25) is 0 Å². The number of nitrogens with one attached hydrogen (secondary N) is 1. The third-order valence-corrected chi connectivity index (χ3v) is 4.63. The summed E-state index contributed by atoms with van der Waals surface area (Å²) in [4.78, 5) is 12.5. The highest BCUT2D eigenvalue weighted by molar-refractivity contribution is 5.81. The molecular weight excluding hydrogens is 350 g/mol. The number of carbonyl (C=O) groups is 1. The number of ether oxygens (including phenoxy) is 2. The van der Waals surface area contributed by atoms with Crippen molar-refractivity contribution in [3.8, 4) is 11.5 Å². The molecule has 1 N–H and O–H groups in total. The van der Waals surface area contributed by atoms with Gasteiger partial charge in [0, 0.05) is 0 Å². The summed E-state index contributed by atoms with van der Waals surface area (Å²) < 4.78 is 11.9. The highest BCUT2D eigenvalue weighted by Crippen LogP contribution is 2.30. The van der Waals surface area contributed by atoms with Gasteiger partial charge in [-0.15, -0.1) is 0 Å². The lowest BCUT2D eigenvalue weighted by Crippen LogP contribution is -2.40. The number of hydrogen-bond acceptors (Lipinski definition) is 3. The predicted molar refractivity (Wildman–Crippen MR) is 114 cm³/mol. The monoisotopic (exact) mass is 383 g/mol. The second-order valence-electron chi connectivity index (χ2n) is 8.17. The second kappa shape index (κ2) is 9.63. The standard InChI is InChI=1S/C24H33NO3/c1-7-20(28-22-16-17(2)12-13-18(22)3)23(26)25-14-15-27-21-11-9-8-10-19(21)24(4,5)6/h8-13,16,20H,7,14-15H2,1-6H3,(H,25,26). The molecule has 0 spiro atoms. The molecule has 1 atom stereocenters. The summed E-state index contributed by atoms with van der Waals surface area (Å²) in [6.07, 6.45) is 0.0924. The van der Waals surface area contributed by atoms with Gasteiger partial charge >= 0.3 is 0 Å². The minimum atomic E-state index is -0.512. The quantitative estimate of drug-likeness (QED) is 0.656. The molecule has 1 unspecified atom stereocenters. The molecule has 0 heterocycles. The Morgan fingerprint density at radius 2 is 1.79 bits per heavy atom. The Hall–Kier alpha value is -2.49. The van der Waals surface area contributed by atoms with Gasteiger partial charge in [-0.3, -0.25) is 4.79 Å². The maximum absolute atomic E-state index is 12.5. The molecule has 0 aliphatic carbocycles. The van der Waals surface area contributed by atoms with Crippen LogP contribution in [0.15, 0.2) is 42.5 Å². The van der Waals surface area contributed by atoms with Gasteiger partial charge in [-0.2, -0.15) is 0 Å². The molecule has 1 amide bonds. The molecule has 0 aromatic heterocycles. The highest BCUT2D eigenvalue weighted by Gasteiger charge is 2.20. The Bertz CT molecular complexity index is 793. The predicted octanol–water partition coefficient (Wildman–Crippen LogP) is 4.95. The number of carbonyl (C=O) groups excluding carboxylic acids is 1. The van der Waals surface area contributed by atoms with Gasteiger partial charge in [0.15, 0.2) is 6.10 Å². The minimum Gasteiger partial charge on any atom is -0.491 e. The van der Waals surface area contributed by atoms with E-state index in [1.807, 2.05) is 57.2 Å². The SMILES string of the molecule is CCC(Oc1cc(C)ccc1C)C(=O)NCCOc1ccccc1C(C)(C)C. The molecule has 0 aliphatic rings. The zero-order chi connectivity index (χ0) is 20.7. The van der Waals surface area contributed by atoms with Crippen molar-refractivity contribution in [2.24, 2.45) is 0 Å². The van der Waals surface area contributed by atoms with Crippen molar-refractivity contribution >= 4 is 5.91 Å². The van der Waals surface area contributed by atoms with Gasteiger partial charge in [-0.05, 0) is 54.5 Å². The van der Waals surface area contributed by atoms with Gasteiger partial charge in [-0.1, -0.05) is 58.0 Å². The van der Waals surface area contributed by atoms with Crippen LogP contribution in [0.2, 0.25) is 0 Å². The van der Waals surface area contributed by atoms with Crippen molar-refractivity contribution in [3.05, 3.63) is 59.2 Å². The normalized spacial score (nSPS) is 12.4. The number of aryl methyl sites for hydroxylation is 2. The summed E-state index contributed by atoms with van der Waals surface area (Å²) >= 11 is 0. The van der Waals surface area contributed by atoms with E-state index >= 15 is 0 Å². The molecule has 0 radical (unpaired) electrons. The molecule has 4 nitrogen and oxygen atoms in total. The van der Waals surface area contributed by atoms with Crippen LogP contribution in [0.25, 0.3) is 0 Å². The largest absolute Gasteiger partial charge is 0.491 e. The Labute approximate surface area is 169 Å². The van der Waals surface area contributed by atoms with E-state index in [-0.39, 0.29) is 11.3 Å². The lowest BCUT2D eigenvalue weighted by molar-refractivity contribution is -0.128. The van der Waals surface area contributed by atoms with Crippen molar-refractivity contribution < 1.29 is 14.3 Å². The zero-order valence-corrected chi connectivity index (χ0v) is 18.0. The van der Waals surface area contributed by atoms with Crippen molar-refractivity contribution in [2.75, 3.05) is 13.2 Å². The van der Waals surface area contributed by atoms with Crippen LogP contribution in [-0.4, -0.2) is 25.2 Å². The summed E-state index contributed by atoms with van der Waals surface area (Å²) in [7, 11) is 0. The van der Waals surface area contributed by atoms with Crippen LogP contribution in [0.3, 0.4) is 0 Å². The lowest BCUT2D eigenvalue weighted by Gasteiger charge is -2.23. The van der Waals surface area contributed by atoms with E-state index in [0.717, 1.165) is 28.2 Å². The van der Waals surface area contributed by atoms with Crippen LogP contribution < -0.4 is 14.8 Å². The minimum absolute atomic E-state index is 0.00661. The Kier molecular flexibility index (Phi) is 7.50. The molecule has 2 rings (SSSR count). The lowest BCUT2D eigenvalue weighted by atomic mass is 9.86. The molecule has 4 heteroatoms. The van der Waals surface area contributed by atoms with E-state index < -0.39 is 6.10 Å². The van der Waals surface area contributed by atoms with Crippen LogP contribution in [-0.2, 0) is 10.2 Å². The first-order valence-electron chi connectivity index (χ1n) is 9.96. The van der Waals surface area contributed by atoms with Crippen LogP contribution >= 0.6 is 0 Å². The maximum atomic E-state index is 12.5. The van der Waals surface area contributed by atoms with E-state index in [2.05, 4.69) is 32.2 Å². The van der Waals surface area contributed by atoms with Gasteiger partial charge in [0.1, 0.15) is 18.1 Å². The fraction of sp³-hybridized carbons (Fsp3) is 0.458. The first-order chi connectivity index (χ1) is 13.2. The summed E-state index contributed by atoms with van der Waals surface area (Å²) in [5, 5.41) is 2.93. The number of para-hydroxylation sites is 1. The van der Waals surface area contributed by atoms with E-state index in [0.29, 0.717) is 19.6 Å². The number of benzene rings is 2. The number of rotatable bonds is 8. The zero-order valence-electron chi connectivity index (χ0n) is 18.0. The average molecular weight is 384 g/mol. The van der Waals surface area contributed by atoms with Gasteiger partial charge in [0.25, 0.3) is 5.91 Å². The summed E-state index contributed by atoms with van der Waals surface area (Å²) in [5.41, 5.74) is 3.30. The van der Waals surface area contributed by atoms with E-state index in [4.69, 9.17) is 9.47 Å². The fourth-order valence-electron chi connectivity index (χ4n) is 2.97. The van der Waals surface area contributed by atoms with Crippen LogP contribution in [0, 0.1) is 13.8 Å². The summed E-state index contributed by atoms with van der Waals surface area (Å²) in [6, 6.07) is 14.1. The van der Waals surface area contributed by atoms with Crippen LogP contribution in [0.5, 0.6) is 11.5 Å². The second-order valence-corrected chi connectivity index (χ2v) is 8.17. The van der Waals surface area contributed by atoms with Crippen molar-refractivity contribution in [1.29, 1.82) is 0 Å². The topological polar surface area (TPSA) is 47.6 Å². The Balaban J connectivity index is 1.89. The molecular formula is C24H33NO3. The van der Waals surface area contributed by atoms with Crippen molar-refractivity contribution in [3.63, 3.8) is 0 Å². The molecule has 2 aromatic rings. The van der Waals surface area contributed by atoms with Crippen molar-refractivity contribution in [2.45, 2.75) is 59.5 Å². The van der Waals surface area contributed by atoms with E-state index in [1.54, 1.807) is 0 Å². The molecule has 2 aromatic carbocycles. The molecule has 0 saturated carbocycles. The molecule has 152 valence electrons. The molecule has 0 aliphatic heterocycles. The third kappa shape index (κ3) is 6.01. The number of hydrogen-bond donors (Lipinski definition) is 1. The molecule has 0 fully saturated rings. The average Bonchev–Trinajstić information content (AvgIpc) is 2.65. The molecule has 0 bridgehead atoms. The van der Waals surface area contributed by atoms with E-state index in [9.17, 15) is 4.79 Å². The fourth-order valence-corrected chi connectivity index (χ4v) is 2.97. The van der Waals surface area contributed by atoms with Gasteiger partial charge < -0.3 is 14.8 Å². The van der Waals surface area contributed by atoms with Crippen LogP contribution in [0.1, 0.15) is 50.8 Å². The molecule has 0 saturated heterocycles. The first-order valence-corrected chi connectivity index (χ1v) is 9.96. The van der Waals surface area contributed by atoms with Gasteiger partial charge in [0.05, 0.1) is 6.54 Å².